The molecule has 0 atom stereocenters. The first-order chi connectivity index (χ1) is 9.17. The number of methoxy groups -OCH3 is 2. The molecule has 2 rings (SSSR count). The highest BCUT2D eigenvalue weighted by atomic mass is 16.5. The molecule has 0 aliphatic rings. The minimum Gasteiger partial charge on any atom is -0.493 e. The maximum Gasteiger partial charge on any atom is 0.161 e. The van der Waals surface area contributed by atoms with Crippen molar-refractivity contribution in [2.45, 2.75) is 6.92 Å². The highest BCUT2D eigenvalue weighted by molar-refractivity contribution is 5.66. The van der Waals surface area contributed by atoms with Crippen molar-refractivity contribution in [3.05, 3.63) is 30.1 Å². The van der Waals surface area contributed by atoms with Gasteiger partial charge in [-0.3, -0.25) is 0 Å². The number of aryl methyl sites for hydroxylation is 1. The Morgan fingerprint density at radius 1 is 1.00 bits per heavy atom. The van der Waals surface area contributed by atoms with E-state index in [1.165, 1.54) is 0 Å². The molecular weight excluding hydrogens is 242 g/mol. The Labute approximate surface area is 112 Å². The van der Waals surface area contributed by atoms with E-state index in [1.807, 2.05) is 38.2 Å². The number of nitrogens with zero attached hydrogens (tertiary/aromatic N) is 2. The third-order valence-electron chi connectivity index (χ3n) is 2.77. The zero-order chi connectivity index (χ0) is 13.8. The summed E-state index contributed by atoms with van der Waals surface area (Å²) in [4.78, 5) is 8.71. The topological polar surface area (TPSA) is 56.3 Å². The summed E-state index contributed by atoms with van der Waals surface area (Å²) in [5, 5.41) is 3.02. The van der Waals surface area contributed by atoms with Crippen molar-refractivity contribution >= 4 is 5.82 Å². The van der Waals surface area contributed by atoms with Gasteiger partial charge >= 0.3 is 0 Å². The predicted molar refractivity (Wildman–Crippen MR) is 74.9 cm³/mol. The molecule has 1 N–H and O–H groups in total. The van der Waals surface area contributed by atoms with Crippen LogP contribution in [0.5, 0.6) is 11.5 Å². The van der Waals surface area contributed by atoms with Crippen LogP contribution in [0.3, 0.4) is 0 Å². The van der Waals surface area contributed by atoms with Gasteiger partial charge in [0.05, 0.1) is 19.9 Å². The molecule has 0 spiro atoms. The molecule has 1 aromatic heterocycles. The van der Waals surface area contributed by atoms with Gasteiger partial charge in [-0.2, -0.15) is 0 Å². The van der Waals surface area contributed by atoms with Crippen LogP contribution in [-0.4, -0.2) is 31.2 Å². The lowest BCUT2D eigenvalue weighted by atomic mass is 10.1. The van der Waals surface area contributed by atoms with Crippen molar-refractivity contribution in [1.82, 2.24) is 9.97 Å². The molecule has 5 nitrogen and oxygen atoms in total. The Kier molecular flexibility index (Phi) is 3.85. The molecule has 2 aromatic rings. The first kappa shape index (κ1) is 13.1. The van der Waals surface area contributed by atoms with E-state index in [1.54, 1.807) is 14.2 Å². The largest absolute Gasteiger partial charge is 0.493 e. The standard InChI is InChI=1S/C14H17N3O2/c1-9-16-11(8-14(15-2)17-9)10-5-6-12(18-3)13(7-10)19-4/h5-8H,1-4H3,(H,15,16,17). The van der Waals surface area contributed by atoms with Crippen LogP contribution in [0.1, 0.15) is 5.82 Å². The van der Waals surface area contributed by atoms with Crippen LogP contribution < -0.4 is 14.8 Å². The predicted octanol–water partition coefficient (Wildman–Crippen LogP) is 2.51. The molecule has 5 heteroatoms. The fourth-order valence-electron chi connectivity index (χ4n) is 1.84. The van der Waals surface area contributed by atoms with Crippen LogP contribution in [-0.2, 0) is 0 Å². The fraction of sp³-hybridized carbons (Fsp3) is 0.286. The van der Waals surface area contributed by atoms with Crippen LogP contribution in [0.2, 0.25) is 0 Å². The zero-order valence-electron chi connectivity index (χ0n) is 11.5. The Balaban J connectivity index is 2.49. The monoisotopic (exact) mass is 259 g/mol. The number of anilines is 1. The van der Waals surface area contributed by atoms with Gasteiger partial charge in [0, 0.05) is 18.7 Å². The average molecular weight is 259 g/mol. The van der Waals surface area contributed by atoms with Crippen molar-refractivity contribution in [1.29, 1.82) is 0 Å². The van der Waals surface area contributed by atoms with Gasteiger partial charge in [0.25, 0.3) is 0 Å². The molecule has 0 aliphatic heterocycles. The molecule has 0 bridgehead atoms. The van der Waals surface area contributed by atoms with Gasteiger partial charge in [0.1, 0.15) is 11.6 Å². The second-order valence-electron chi connectivity index (χ2n) is 4.01. The third kappa shape index (κ3) is 2.76. The fourth-order valence-corrected chi connectivity index (χ4v) is 1.84. The SMILES string of the molecule is CNc1cc(-c2ccc(OC)c(OC)c2)nc(C)n1. The molecule has 0 fully saturated rings. The third-order valence-corrected chi connectivity index (χ3v) is 2.77. The minimum atomic E-state index is 0.683. The van der Waals surface area contributed by atoms with Gasteiger partial charge in [-0.25, -0.2) is 9.97 Å². The number of rotatable bonds is 4. The van der Waals surface area contributed by atoms with Gasteiger partial charge in [-0.05, 0) is 25.1 Å². The number of benzene rings is 1. The van der Waals surface area contributed by atoms with E-state index in [-0.39, 0.29) is 0 Å². The molecule has 19 heavy (non-hydrogen) atoms. The molecule has 0 radical (unpaired) electrons. The van der Waals surface area contributed by atoms with E-state index in [0.29, 0.717) is 11.5 Å². The molecule has 1 heterocycles. The summed E-state index contributed by atoms with van der Waals surface area (Å²) in [6, 6.07) is 7.61. The second-order valence-corrected chi connectivity index (χ2v) is 4.01. The molecule has 100 valence electrons. The molecule has 0 unspecified atom stereocenters. The van der Waals surface area contributed by atoms with E-state index in [2.05, 4.69) is 15.3 Å². The van der Waals surface area contributed by atoms with Gasteiger partial charge in [-0.1, -0.05) is 0 Å². The van der Waals surface area contributed by atoms with Crippen molar-refractivity contribution in [3.8, 4) is 22.8 Å². The molecular formula is C14H17N3O2. The zero-order valence-corrected chi connectivity index (χ0v) is 11.5. The number of hydrogen-bond donors (Lipinski definition) is 1. The summed E-state index contributed by atoms with van der Waals surface area (Å²) in [6.45, 7) is 1.87. The van der Waals surface area contributed by atoms with E-state index in [4.69, 9.17) is 9.47 Å². The van der Waals surface area contributed by atoms with Gasteiger partial charge < -0.3 is 14.8 Å². The van der Waals surface area contributed by atoms with Crippen molar-refractivity contribution in [2.75, 3.05) is 26.6 Å². The lowest BCUT2D eigenvalue weighted by Crippen LogP contribution is -1.98. The summed E-state index contributed by atoms with van der Waals surface area (Å²) in [5.74, 6) is 2.89. The van der Waals surface area contributed by atoms with Crippen molar-refractivity contribution in [3.63, 3.8) is 0 Å². The Morgan fingerprint density at radius 3 is 2.37 bits per heavy atom. The van der Waals surface area contributed by atoms with Crippen LogP contribution in [0.25, 0.3) is 11.3 Å². The summed E-state index contributed by atoms with van der Waals surface area (Å²) >= 11 is 0. The molecule has 1 aromatic carbocycles. The average Bonchev–Trinajstić information content (AvgIpc) is 2.45. The smallest absolute Gasteiger partial charge is 0.161 e. The van der Waals surface area contributed by atoms with Gasteiger partial charge in [-0.15, -0.1) is 0 Å². The van der Waals surface area contributed by atoms with Crippen LogP contribution in [0.4, 0.5) is 5.82 Å². The maximum atomic E-state index is 5.30. The van der Waals surface area contributed by atoms with Crippen LogP contribution in [0.15, 0.2) is 24.3 Å². The van der Waals surface area contributed by atoms with Gasteiger partial charge in [0.15, 0.2) is 11.5 Å². The van der Waals surface area contributed by atoms with Crippen LogP contribution in [0, 0.1) is 6.92 Å². The first-order valence-corrected chi connectivity index (χ1v) is 5.93. The molecule has 0 saturated carbocycles. The molecule has 0 saturated heterocycles. The Morgan fingerprint density at radius 2 is 1.74 bits per heavy atom. The minimum absolute atomic E-state index is 0.683. The van der Waals surface area contributed by atoms with E-state index in [9.17, 15) is 0 Å². The maximum absolute atomic E-state index is 5.30. The number of ether oxygens (including phenoxy) is 2. The van der Waals surface area contributed by atoms with Crippen LogP contribution >= 0.6 is 0 Å². The lowest BCUT2D eigenvalue weighted by Gasteiger charge is -2.10. The van der Waals surface area contributed by atoms with Crippen molar-refractivity contribution in [2.24, 2.45) is 0 Å². The molecule has 0 amide bonds. The van der Waals surface area contributed by atoms with Crippen molar-refractivity contribution < 1.29 is 9.47 Å². The summed E-state index contributed by atoms with van der Waals surface area (Å²) < 4.78 is 10.5. The highest BCUT2D eigenvalue weighted by Gasteiger charge is 2.08. The quantitative estimate of drug-likeness (QED) is 0.914. The Bertz CT molecular complexity index is 585. The normalized spacial score (nSPS) is 10.1. The Hall–Kier alpha value is -2.30. The number of hydrogen-bond acceptors (Lipinski definition) is 5. The molecule has 0 aliphatic carbocycles. The van der Waals surface area contributed by atoms with E-state index in [0.717, 1.165) is 22.9 Å². The second kappa shape index (κ2) is 5.56. The number of nitrogens with one attached hydrogen (secondary N) is 1. The summed E-state index contributed by atoms with van der Waals surface area (Å²) in [6.07, 6.45) is 0. The summed E-state index contributed by atoms with van der Waals surface area (Å²) in [5.41, 5.74) is 1.80. The van der Waals surface area contributed by atoms with E-state index < -0.39 is 0 Å². The summed E-state index contributed by atoms with van der Waals surface area (Å²) in [7, 11) is 5.07. The van der Waals surface area contributed by atoms with E-state index >= 15 is 0 Å². The lowest BCUT2D eigenvalue weighted by molar-refractivity contribution is 0.355. The first-order valence-electron chi connectivity index (χ1n) is 5.93. The van der Waals surface area contributed by atoms with Gasteiger partial charge in [0.2, 0.25) is 0 Å². The highest BCUT2D eigenvalue weighted by Crippen LogP contribution is 2.32. The number of aromatic nitrogens is 2.